The van der Waals surface area contributed by atoms with Crippen LogP contribution in [0.2, 0.25) is 0 Å². The fourth-order valence-corrected chi connectivity index (χ4v) is 1.48. The van der Waals surface area contributed by atoms with Gasteiger partial charge >= 0.3 is 6.09 Å². The first-order valence-corrected chi connectivity index (χ1v) is 6.74. The van der Waals surface area contributed by atoms with E-state index in [0.29, 0.717) is 5.92 Å². The minimum atomic E-state index is -0.491. The third-order valence-corrected chi connectivity index (χ3v) is 2.14. The first-order valence-electron chi connectivity index (χ1n) is 6.74. The number of hydrogen-bond donors (Lipinski definition) is 1. The van der Waals surface area contributed by atoms with Crippen molar-refractivity contribution < 1.29 is 9.53 Å². The highest BCUT2D eigenvalue weighted by Crippen LogP contribution is 2.06. The monoisotopic (exact) mass is 277 g/mol. The van der Waals surface area contributed by atoms with E-state index >= 15 is 0 Å². The fraction of sp³-hybridized carbons (Fsp3) is 0.600. The molecule has 0 spiro atoms. The second-order valence-corrected chi connectivity index (χ2v) is 6.00. The zero-order valence-corrected chi connectivity index (χ0v) is 12.9. The lowest BCUT2D eigenvalue weighted by atomic mass is 10.2. The average Bonchev–Trinajstić information content (AvgIpc) is 2.68. The fourth-order valence-electron chi connectivity index (χ4n) is 1.48. The van der Waals surface area contributed by atoms with E-state index in [-0.39, 0.29) is 6.54 Å². The van der Waals surface area contributed by atoms with Gasteiger partial charge in [-0.1, -0.05) is 25.7 Å². The van der Waals surface area contributed by atoms with E-state index in [4.69, 9.17) is 4.74 Å². The molecule has 5 nitrogen and oxygen atoms in total. The quantitative estimate of drug-likeness (QED) is 0.863. The van der Waals surface area contributed by atoms with Gasteiger partial charge in [0.25, 0.3) is 0 Å². The van der Waals surface area contributed by atoms with E-state index in [1.165, 1.54) is 0 Å². The van der Waals surface area contributed by atoms with Gasteiger partial charge in [0.05, 0.1) is 18.3 Å². The predicted molar refractivity (Wildman–Crippen MR) is 78.2 cm³/mol. The van der Waals surface area contributed by atoms with Crippen LogP contribution in [0.5, 0.6) is 0 Å². The van der Waals surface area contributed by atoms with Crippen molar-refractivity contribution in [1.29, 1.82) is 0 Å². The second kappa shape index (κ2) is 6.99. The predicted octanol–water partition coefficient (Wildman–Crippen LogP) is 2.42. The number of amides is 1. The highest BCUT2D eigenvalue weighted by atomic mass is 16.6. The number of carbonyl (C=O) groups excluding carboxylic acids is 1. The van der Waals surface area contributed by atoms with E-state index < -0.39 is 11.7 Å². The highest BCUT2D eigenvalue weighted by molar-refractivity contribution is 5.68. The van der Waals surface area contributed by atoms with E-state index in [9.17, 15) is 4.79 Å². The molecule has 0 bridgehead atoms. The lowest BCUT2D eigenvalue weighted by Crippen LogP contribution is -2.32. The Morgan fingerprint density at radius 3 is 2.80 bits per heavy atom. The Balaban J connectivity index is 2.39. The maximum Gasteiger partial charge on any atom is 0.408 e. The summed E-state index contributed by atoms with van der Waals surface area (Å²) in [7, 11) is 0. The molecule has 1 heterocycles. The zero-order valence-electron chi connectivity index (χ0n) is 12.9. The normalized spacial score (nSPS) is 10.9. The van der Waals surface area contributed by atoms with E-state index in [0.717, 1.165) is 12.1 Å². The van der Waals surface area contributed by atoms with Gasteiger partial charge in [0.2, 0.25) is 0 Å². The summed E-state index contributed by atoms with van der Waals surface area (Å²) in [4.78, 5) is 11.4. The first kappa shape index (κ1) is 16.1. The number of rotatable bonds is 3. The largest absolute Gasteiger partial charge is 0.444 e. The molecule has 1 N–H and O–H groups in total. The highest BCUT2D eigenvalue weighted by Gasteiger charge is 2.14. The van der Waals surface area contributed by atoms with Crippen molar-refractivity contribution in [2.45, 2.75) is 46.8 Å². The minimum Gasteiger partial charge on any atom is -0.444 e. The molecule has 0 radical (unpaired) electrons. The van der Waals surface area contributed by atoms with Crippen molar-refractivity contribution in [3.63, 3.8) is 0 Å². The van der Waals surface area contributed by atoms with E-state index in [1.54, 1.807) is 6.20 Å². The summed E-state index contributed by atoms with van der Waals surface area (Å²) in [5.41, 5.74) is 0.354. The van der Waals surface area contributed by atoms with Crippen molar-refractivity contribution in [3.8, 4) is 11.8 Å². The summed E-state index contributed by atoms with van der Waals surface area (Å²) in [6, 6.07) is 0. The summed E-state index contributed by atoms with van der Waals surface area (Å²) in [6.07, 6.45) is 3.17. The third-order valence-electron chi connectivity index (χ3n) is 2.14. The van der Waals surface area contributed by atoms with Crippen LogP contribution in [0.25, 0.3) is 0 Å². The van der Waals surface area contributed by atoms with Gasteiger partial charge in [-0.15, -0.1) is 0 Å². The lowest BCUT2D eigenvalue weighted by Gasteiger charge is -2.18. The van der Waals surface area contributed by atoms with Crippen molar-refractivity contribution in [3.05, 3.63) is 18.0 Å². The Morgan fingerprint density at radius 2 is 2.20 bits per heavy atom. The smallest absolute Gasteiger partial charge is 0.408 e. The Labute approximate surface area is 120 Å². The van der Waals surface area contributed by atoms with Crippen LogP contribution in [-0.2, 0) is 11.3 Å². The number of alkyl carbamates (subject to hydrolysis) is 1. The first-order chi connectivity index (χ1) is 9.26. The van der Waals surface area contributed by atoms with Gasteiger partial charge in [-0.2, -0.15) is 5.10 Å². The SMILES string of the molecule is CC(C)Cn1cc(C#CCNC(=O)OC(C)(C)C)cn1. The molecule has 110 valence electrons. The van der Waals surface area contributed by atoms with Crippen LogP contribution in [-0.4, -0.2) is 28.0 Å². The van der Waals surface area contributed by atoms with Crippen LogP contribution in [0.1, 0.15) is 40.2 Å². The number of ether oxygens (including phenoxy) is 1. The molecule has 5 heteroatoms. The summed E-state index contributed by atoms with van der Waals surface area (Å²) in [5.74, 6) is 6.37. The maximum atomic E-state index is 11.4. The van der Waals surface area contributed by atoms with E-state index in [2.05, 4.69) is 36.1 Å². The lowest BCUT2D eigenvalue weighted by molar-refractivity contribution is 0.0535. The van der Waals surface area contributed by atoms with Crippen molar-refractivity contribution in [2.24, 2.45) is 5.92 Å². The van der Waals surface area contributed by atoms with Crippen molar-refractivity contribution in [2.75, 3.05) is 6.54 Å². The molecule has 0 atom stereocenters. The number of nitrogens with one attached hydrogen (secondary N) is 1. The van der Waals surface area contributed by atoms with Gasteiger partial charge in [0.1, 0.15) is 5.60 Å². The van der Waals surface area contributed by atoms with Crippen LogP contribution >= 0.6 is 0 Å². The molecule has 0 aliphatic rings. The molecular formula is C15H23N3O2. The molecule has 0 aromatic carbocycles. The number of nitrogens with zero attached hydrogens (tertiary/aromatic N) is 2. The van der Waals surface area contributed by atoms with Crippen molar-refractivity contribution >= 4 is 6.09 Å². The number of carbonyl (C=O) groups is 1. The Hall–Kier alpha value is -1.96. The van der Waals surface area contributed by atoms with Crippen LogP contribution in [0.3, 0.4) is 0 Å². The summed E-state index contributed by atoms with van der Waals surface area (Å²) < 4.78 is 6.97. The summed E-state index contributed by atoms with van der Waals surface area (Å²) in [6.45, 7) is 10.9. The van der Waals surface area contributed by atoms with E-state index in [1.807, 2.05) is 31.6 Å². The number of hydrogen-bond acceptors (Lipinski definition) is 3. The molecule has 1 aromatic rings. The third kappa shape index (κ3) is 6.83. The molecule has 20 heavy (non-hydrogen) atoms. The summed E-state index contributed by atoms with van der Waals surface area (Å²) in [5, 5.41) is 6.81. The molecule has 0 unspecified atom stereocenters. The van der Waals surface area contributed by atoms with Crippen LogP contribution < -0.4 is 5.32 Å². The Morgan fingerprint density at radius 1 is 1.50 bits per heavy atom. The van der Waals surface area contributed by atoms with Gasteiger partial charge in [0, 0.05) is 12.7 Å². The molecule has 0 aliphatic carbocycles. The van der Waals surface area contributed by atoms with Crippen LogP contribution in [0.15, 0.2) is 12.4 Å². The molecule has 0 fully saturated rings. The molecule has 0 saturated heterocycles. The molecule has 1 aromatic heterocycles. The maximum absolute atomic E-state index is 11.4. The topological polar surface area (TPSA) is 56.2 Å². The molecule has 1 amide bonds. The molecule has 0 saturated carbocycles. The second-order valence-electron chi connectivity index (χ2n) is 6.00. The van der Waals surface area contributed by atoms with Gasteiger partial charge in [-0.25, -0.2) is 4.79 Å². The van der Waals surface area contributed by atoms with Gasteiger partial charge in [-0.3, -0.25) is 4.68 Å². The Bertz CT molecular complexity index is 501. The van der Waals surface area contributed by atoms with Crippen LogP contribution in [0.4, 0.5) is 4.79 Å². The standard InChI is InChI=1S/C15H23N3O2/c1-12(2)10-18-11-13(9-17-18)7-6-8-16-14(19)20-15(3,4)5/h9,11-12H,8,10H2,1-5H3,(H,16,19). The van der Waals surface area contributed by atoms with Crippen LogP contribution in [0, 0.1) is 17.8 Å². The van der Waals surface area contributed by atoms with Gasteiger partial charge < -0.3 is 10.1 Å². The zero-order chi connectivity index (χ0) is 15.2. The van der Waals surface area contributed by atoms with Gasteiger partial charge in [0.15, 0.2) is 0 Å². The minimum absolute atomic E-state index is 0.254. The summed E-state index contributed by atoms with van der Waals surface area (Å²) >= 11 is 0. The average molecular weight is 277 g/mol. The van der Waals surface area contributed by atoms with Crippen molar-refractivity contribution in [1.82, 2.24) is 15.1 Å². The number of aromatic nitrogens is 2. The Kier molecular flexibility index (Phi) is 5.63. The molecule has 0 aliphatic heterocycles. The molecular weight excluding hydrogens is 254 g/mol. The molecule has 1 rings (SSSR count). The van der Waals surface area contributed by atoms with Gasteiger partial charge in [-0.05, 0) is 26.7 Å².